The average molecular weight is 1060 g/mol. The van der Waals surface area contributed by atoms with Gasteiger partial charge in [-0.3, -0.25) is 43.2 Å². The third kappa shape index (κ3) is 23.0. The van der Waals surface area contributed by atoms with Crippen LogP contribution in [0.1, 0.15) is 64.5 Å². The number of unbranched alkanes of at least 4 members (excludes halogenated alkanes) is 1. The minimum atomic E-state index is -1.70. The lowest BCUT2D eigenvalue weighted by Gasteiger charge is -2.26. The van der Waals surface area contributed by atoms with Crippen molar-refractivity contribution in [3.05, 3.63) is 71.8 Å². The van der Waals surface area contributed by atoms with Crippen molar-refractivity contribution in [3.63, 3.8) is 0 Å². The summed E-state index contributed by atoms with van der Waals surface area (Å²) in [7, 11) is 0. The number of hydrogen-bond acceptors (Lipinski definition) is 16. The Kier molecular flexibility index (Phi) is 28.4. The number of amides is 9. The Hall–Kier alpha value is -6.71. The predicted octanol–water partition coefficient (Wildman–Crippen LogP) is -4.63. The maximum Gasteiger partial charge on any atom is 0.328 e. The van der Waals surface area contributed by atoms with Gasteiger partial charge in [0.05, 0.1) is 31.9 Å². The third-order valence-electron chi connectivity index (χ3n) is 11.1. The number of hydrogen-bond donors (Lipinski definition) is 16. The van der Waals surface area contributed by atoms with Gasteiger partial charge < -0.3 is 79.7 Å². The molecule has 0 heterocycles. The Morgan fingerprint density at radius 1 is 0.541 bits per heavy atom. The van der Waals surface area contributed by atoms with Crippen LogP contribution in [0, 0.1) is 5.92 Å². The summed E-state index contributed by atoms with van der Waals surface area (Å²) in [6.45, 7) is 4.10. The minimum absolute atomic E-state index is 0.0376. The number of aliphatic carboxylic acids is 1. The van der Waals surface area contributed by atoms with E-state index in [0.29, 0.717) is 24.0 Å². The summed E-state index contributed by atoms with van der Waals surface area (Å²) in [5.74, 6) is -9.86. The molecule has 74 heavy (non-hydrogen) atoms. The quantitative estimate of drug-likeness (QED) is 0.0236. The molecule has 10 atom stereocenters. The number of aliphatic hydroxyl groups is 3. The van der Waals surface area contributed by atoms with Gasteiger partial charge >= 0.3 is 5.97 Å². The van der Waals surface area contributed by atoms with Crippen molar-refractivity contribution in [2.75, 3.05) is 32.0 Å². The van der Waals surface area contributed by atoms with E-state index in [0.717, 1.165) is 0 Å². The fourth-order valence-electron chi connectivity index (χ4n) is 7.04. The maximum atomic E-state index is 13.8. The van der Waals surface area contributed by atoms with E-state index in [2.05, 4.69) is 60.5 Å². The number of nitrogens with two attached hydrogens (primary N) is 2. The zero-order chi connectivity index (χ0) is 55.5. The number of carboxylic acid groups (broad SMARTS) is 1. The Morgan fingerprint density at radius 2 is 0.986 bits per heavy atom. The molecule has 2 aromatic rings. The molecular weight excluding hydrogens is 987 g/mol. The molecule has 410 valence electrons. The monoisotopic (exact) mass is 1060 g/mol. The van der Waals surface area contributed by atoms with Crippen molar-refractivity contribution in [1.82, 2.24) is 47.9 Å². The summed E-state index contributed by atoms with van der Waals surface area (Å²) in [4.78, 5) is 132. The van der Waals surface area contributed by atoms with Crippen LogP contribution in [-0.2, 0) is 60.8 Å². The van der Waals surface area contributed by atoms with Crippen LogP contribution in [-0.4, -0.2) is 172 Å². The molecule has 0 fully saturated rings. The second kappa shape index (κ2) is 33.2. The molecule has 0 bridgehead atoms. The smallest absolute Gasteiger partial charge is 0.328 e. The highest BCUT2D eigenvalue weighted by Crippen LogP contribution is 2.10. The molecule has 0 aromatic heterocycles. The van der Waals surface area contributed by atoms with E-state index in [9.17, 15) is 68.4 Å². The largest absolute Gasteiger partial charge is 0.480 e. The van der Waals surface area contributed by atoms with Crippen LogP contribution < -0.4 is 59.3 Å². The maximum absolute atomic E-state index is 13.8. The Bertz CT molecular complexity index is 2170. The van der Waals surface area contributed by atoms with Gasteiger partial charge in [0.1, 0.15) is 42.3 Å². The van der Waals surface area contributed by atoms with Crippen molar-refractivity contribution in [3.8, 4) is 0 Å². The standard InChI is InChI=1S/C48H73N11O14S/c1-26(2)19-33(54-41(65)31(50)24-60)42(66)52-23-38(64)58-39(27(3)61)47(71)57-36(25-74)46(70)55-34(20-29-13-7-5-8-14-29)43(67)51-22-37(63)53-32(17-11-12-18-49)44(68)56-35(21-30-15-9-6-10-16-30)45(69)59-40(28(4)62)48(72)73/h5-10,13-16,26-28,31-36,39-40,60-62,74H,11-12,17-25,49-50H2,1-4H3,(H,51,67)(H,52,66)(H,53,63)(H,54,65)(H,55,70)(H,56,68)(H,57,71)(H,58,64)(H,59,69)(H,72,73)/t27-,28-,31+,32+,33+,34+,35+,36+,39+,40+/m1/s1. The lowest BCUT2D eigenvalue weighted by Crippen LogP contribution is -2.60. The van der Waals surface area contributed by atoms with E-state index < -0.39 is 139 Å². The normalized spacial score (nSPS) is 15.1. The van der Waals surface area contributed by atoms with Crippen LogP contribution >= 0.6 is 12.6 Å². The highest BCUT2D eigenvalue weighted by molar-refractivity contribution is 7.80. The van der Waals surface area contributed by atoms with E-state index in [-0.39, 0.29) is 43.9 Å². The fourth-order valence-corrected chi connectivity index (χ4v) is 7.30. The zero-order valence-electron chi connectivity index (χ0n) is 41.9. The molecule has 0 saturated heterocycles. The summed E-state index contributed by atoms with van der Waals surface area (Å²) < 4.78 is 0. The molecule has 0 saturated carbocycles. The van der Waals surface area contributed by atoms with Gasteiger partial charge in [0, 0.05) is 18.6 Å². The predicted molar refractivity (Wildman–Crippen MR) is 272 cm³/mol. The zero-order valence-corrected chi connectivity index (χ0v) is 42.8. The number of carbonyl (C=O) groups excluding carboxylic acids is 9. The van der Waals surface area contributed by atoms with Crippen molar-refractivity contribution in [1.29, 1.82) is 0 Å². The first kappa shape index (κ1) is 63.4. The summed E-state index contributed by atoms with van der Waals surface area (Å²) in [5.41, 5.74) is 12.4. The molecule has 17 N–H and O–H groups in total. The summed E-state index contributed by atoms with van der Waals surface area (Å²) in [6.07, 6.45) is -2.25. The Labute approximate surface area is 434 Å². The third-order valence-corrected chi connectivity index (χ3v) is 11.5. The van der Waals surface area contributed by atoms with Gasteiger partial charge in [-0.2, -0.15) is 12.6 Å². The lowest BCUT2D eigenvalue weighted by atomic mass is 10.0. The highest BCUT2D eigenvalue weighted by atomic mass is 32.1. The van der Waals surface area contributed by atoms with E-state index in [1.807, 2.05) is 0 Å². The number of benzene rings is 2. The molecule has 2 rings (SSSR count). The van der Waals surface area contributed by atoms with Crippen molar-refractivity contribution in [2.24, 2.45) is 17.4 Å². The SMILES string of the molecule is CC(C)C[C@H](NC(=O)[C@@H](N)CO)C(=O)NCC(=O)N[C@H](C(=O)N[C@@H](CS)C(=O)N[C@@H](Cc1ccccc1)C(=O)NCC(=O)N[C@@H](CCCCN)C(=O)N[C@@H](Cc1ccccc1)C(=O)N[C@H](C(=O)O)[C@@H](C)O)[C@@H](C)O. The molecular formula is C48H73N11O14S. The van der Waals surface area contributed by atoms with Crippen molar-refractivity contribution in [2.45, 2.75) is 127 Å². The van der Waals surface area contributed by atoms with E-state index in [1.54, 1.807) is 74.5 Å². The molecule has 9 amide bonds. The van der Waals surface area contributed by atoms with Gasteiger partial charge in [0.2, 0.25) is 53.2 Å². The topological polar surface area (TPSA) is 412 Å². The second-order valence-electron chi connectivity index (χ2n) is 17.9. The van der Waals surface area contributed by atoms with E-state index >= 15 is 0 Å². The number of rotatable bonds is 33. The fraction of sp³-hybridized carbons (Fsp3) is 0.542. The Balaban J connectivity index is 2.22. The highest BCUT2D eigenvalue weighted by Gasteiger charge is 2.34. The molecule has 25 nitrogen and oxygen atoms in total. The van der Waals surface area contributed by atoms with E-state index in [4.69, 9.17) is 11.5 Å². The van der Waals surface area contributed by atoms with Gasteiger partial charge in [-0.05, 0) is 63.1 Å². The van der Waals surface area contributed by atoms with Crippen LogP contribution in [0.5, 0.6) is 0 Å². The molecule has 2 aromatic carbocycles. The molecule has 0 aliphatic carbocycles. The summed E-state index contributed by atoms with van der Waals surface area (Å²) in [6, 6.07) is 5.64. The van der Waals surface area contributed by atoms with E-state index in [1.165, 1.54) is 13.8 Å². The minimum Gasteiger partial charge on any atom is -0.480 e. The van der Waals surface area contributed by atoms with Crippen LogP contribution in [0.2, 0.25) is 0 Å². The molecule has 0 radical (unpaired) electrons. The van der Waals surface area contributed by atoms with Crippen LogP contribution in [0.4, 0.5) is 0 Å². The number of aliphatic hydroxyl groups excluding tert-OH is 3. The number of thiol groups is 1. The molecule has 0 aliphatic rings. The second-order valence-corrected chi connectivity index (χ2v) is 18.3. The van der Waals surface area contributed by atoms with Gasteiger partial charge in [-0.25, -0.2) is 4.79 Å². The summed E-state index contributed by atoms with van der Waals surface area (Å²) >= 11 is 4.19. The van der Waals surface area contributed by atoms with Gasteiger partial charge in [-0.15, -0.1) is 0 Å². The molecule has 26 heteroatoms. The van der Waals surface area contributed by atoms with Gasteiger partial charge in [0.15, 0.2) is 6.04 Å². The number of carboxylic acids is 1. The first-order valence-corrected chi connectivity index (χ1v) is 24.6. The van der Waals surface area contributed by atoms with Gasteiger partial charge in [0.25, 0.3) is 0 Å². The molecule has 0 unspecified atom stereocenters. The van der Waals surface area contributed by atoms with Gasteiger partial charge in [-0.1, -0.05) is 74.5 Å². The Morgan fingerprint density at radius 3 is 1.45 bits per heavy atom. The first-order valence-electron chi connectivity index (χ1n) is 24.0. The summed E-state index contributed by atoms with van der Waals surface area (Å²) in [5, 5.41) is 61.0. The average Bonchev–Trinajstić information content (AvgIpc) is 3.35. The van der Waals surface area contributed by atoms with Crippen LogP contribution in [0.15, 0.2) is 60.7 Å². The number of carbonyl (C=O) groups is 10. The van der Waals surface area contributed by atoms with Crippen molar-refractivity contribution >= 4 is 71.8 Å². The molecule has 0 spiro atoms. The number of nitrogens with one attached hydrogen (secondary N) is 9. The van der Waals surface area contributed by atoms with Crippen LogP contribution in [0.25, 0.3) is 0 Å². The lowest BCUT2D eigenvalue weighted by molar-refractivity contribution is -0.145. The first-order chi connectivity index (χ1) is 35.0. The van der Waals surface area contributed by atoms with Crippen molar-refractivity contribution < 1.29 is 68.4 Å². The van der Waals surface area contributed by atoms with Crippen LogP contribution in [0.3, 0.4) is 0 Å². The molecule has 0 aliphatic heterocycles.